The first kappa shape index (κ1) is 13.1. The third-order valence-electron chi connectivity index (χ3n) is 3.28. The normalized spacial score (nSPS) is 11.4. The van der Waals surface area contributed by atoms with Crippen LogP contribution >= 0.6 is 11.6 Å². The Morgan fingerprint density at radius 1 is 1.35 bits per heavy atom. The summed E-state index contributed by atoms with van der Waals surface area (Å²) in [6.07, 6.45) is 4.68. The maximum absolute atomic E-state index is 6.06. The van der Waals surface area contributed by atoms with Crippen molar-refractivity contribution in [3.8, 4) is 5.69 Å². The van der Waals surface area contributed by atoms with Gasteiger partial charge in [0, 0.05) is 19.4 Å². The monoisotopic (exact) mass is 289 g/mol. The first-order chi connectivity index (χ1) is 9.63. The fourth-order valence-corrected chi connectivity index (χ4v) is 2.60. The van der Waals surface area contributed by atoms with Crippen molar-refractivity contribution in [2.75, 3.05) is 0 Å². The Hall–Kier alpha value is -1.88. The molecule has 0 spiro atoms. The number of hydrogen-bond acceptors (Lipinski definition) is 3. The molecule has 0 bridgehead atoms. The van der Waals surface area contributed by atoms with Crippen LogP contribution in [0.15, 0.2) is 18.5 Å². The SMILES string of the molecule is CCc1nn(C)cc1-n1c(CCl)nc2cc(C)cnc21. The highest BCUT2D eigenvalue weighted by Crippen LogP contribution is 2.24. The van der Waals surface area contributed by atoms with Gasteiger partial charge < -0.3 is 0 Å². The van der Waals surface area contributed by atoms with Crippen LogP contribution in [0.2, 0.25) is 0 Å². The third kappa shape index (κ3) is 1.98. The highest BCUT2D eigenvalue weighted by atomic mass is 35.5. The highest BCUT2D eigenvalue weighted by molar-refractivity contribution is 6.16. The van der Waals surface area contributed by atoms with E-state index in [1.165, 1.54) is 0 Å². The van der Waals surface area contributed by atoms with Gasteiger partial charge in [0.05, 0.1) is 17.3 Å². The first-order valence-electron chi connectivity index (χ1n) is 6.57. The number of rotatable bonds is 3. The molecule has 3 aromatic rings. The molecule has 0 aliphatic rings. The largest absolute Gasteiger partial charge is 0.276 e. The average Bonchev–Trinajstić information content (AvgIpc) is 2.97. The molecule has 3 aromatic heterocycles. The molecule has 0 fully saturated rings. The van der Waals surface area contributed by atoms with E-state index in [9.17, 15) is 0 Å². The maximum atomic E-state index is 6.06. The maximum Gasteiger partial charge on any atom is 0.164 e. The van der Waals surface area contributed by atoms with Gasteiger partial charge in [-0.2, -0.15) is 5.10 Å². The summed E-state index contributed by atoms with van der Waals surface area (Å²) in [5.74, 6) is 1.13. The Kier molecular flexibility index (Phi) is 3.22. The van der Waals surface area contributed by atoms with Crippen LogP contribution in [-0.4, -0.2) is 24.3 Å². The molecule has 0 radical (unpaired) electrons. The van der Waals surface area contributed by atoms with Crippen LogP contribution in [0.25, 0.3) is 16.9 Å². The number of nitrogens with zero attached hydrogens (tertiary/aromatic N) is 5. The number of pyridine rings is 1. The molecule has 6 heteroatoms. The summed E-state index contributed by atoms with van der Waals surface area (Å²) in [6.45, 7) is 4.09. The average molecular weight is 290 g/mol. The molecular formula is C14H16ClN5. The molecule has 20 heavy (non-hydrogen) atoms. The Bertz CT molecular complexity index is 771. The van der Waals surface area contributed by atoms with E-state index in [1.807, 2.05) is 41.7 Å². The predicted molar refractivity (Wildman–Crippen MR) is 79.3 cm³/mol. The molecule has 0 aromatic carbocycles. The van der Waals surface area contributed by atoms with Crippen molar-refractivity contribution < 1.29 is 0 Å². The summed E-state index contributed by atoms with van der Waals surface area (Å²) >= 11 is 6.06. The summed E-state index contributed by atoms with van der Waals surface area (Å²) in [4.78, 5) is 9.10. The fourth-order valence-electron chi connectivity index (χ4n) is 2.42. The van der Waals surface area contributed by atoms with E-state index in [0.717, 1.165) is 40.4 Å². The molecule has 0 unspecified atom stereocenters. The molecule has 0 saturated heterocycles. The Morgan fingerprint density at radius 2 is 2.15 bits per heavy atom. The van der Waals surface area contributed by atoms with E-state index >= 15 is 0 Å². The molecule has 3 heterocycles. The summed E-state index contributed by atoms with van der Waals surface area (Å²) in [6, 6.07) is 2.02. The second-order valence-corrected chi connectivity index (χ2v) is 5.11. The summed E-state index contributed by atoms with van der Waals surface area (Å²) in [5.41, 5.74) is 4.80. The van der Waals surface area contributed by atoms with E-state index in [4.69, 9.17) is 11.6 Å². The number of halogens is 1. The van der Waals surface area contributed by atoms with Crippen LogP contribution in [0.3, 0.4) is 0 Å². The van der Waals surface area contributed by atoms with Gasteiger partial charge in [-0.15, -0.1) is 11.6 Å². The molecule has 0 atom stereocenters. The van der Waals surface area contributed by atoms with Crippen molar-refractivity contribution in [2.45, 2.75) is 26.1 Å². The number of imidazole rings is 1. The molecular weight excluding hydrogens is 274 g/mol. The quantitative estimate of drug-likeness (QED) is 0.697. The van der Waals surface area contributed by atoms with Crippen molar-refractivity contribution in [2.24, 2.45) is 7.05 Å². The summed E-state index contributed by atoms with van der Waals surface area (Å²) in [5, 5.41) is 4.48. The first-order valence-corrected chi connectivity index (χ1v) is 7.10. The smallest absolute Gasteiger partial charge is 0.164 e. The lowest BCUT2D eigenvalue weighted by Crippen LogP contribution is -2.02. The minimum atomic E-state index is 0.341. The topological polar surface area (TPSA) is 48.5 Å². The molecule has 0 saturated carbocycles. The lowest BCUT2D eigenvalue weighted by atomic mass is 10.3. The van der Waals surface area contributed by atoms with Gasteiger partial charge >= 0.3 is 0 Å². The Morgan fingerprint density at radius 3 is 2.85 bits per heavy atom. The van der Waals surface area contributed by atoms with Crippen LogP contribution in [0, 0.1) is 6.92 Å². The van der Waals surface area contributed by atoms with E-state index in [2.05, 4.69) is 22.0 Å². The standard InChI is InChI=1S/C14H16ClN5/c1-4-10-12(8-19(3)18-10)20-13(6-15)17-11-5-9(2)7-16-14(11)20/h5,7-8H,4,6H2,1-3H3. The molecule has 104 valence electrons. The molecule has 5 nitrogen and oxygen atoms in total. The number of hydrogen-bond donors (Lipinski definition) is 0. The van der Waals surface area contributed by atoms with Gasteiger partial charge in [0.25, 0.3) is 0 Å². The zero-order valence-corrected chi connectivity index (χ0v) is 12.5. The minimum absolute atomic E-state index is 0.341. The van der Waals surface area contributed by atoms with Gasteiger partial charge in [-0.05, 0) is 25.0 Å². The zero-order chi connectivity index (χ0) is 14.3. The second-order valence-electron chi connectivity index (χ2n) is 4.84. The van der Waals surface area contributed by atoms with Crippen molar-refractivity contribution in [1.82, 2.24) is 24.3 Å². The lowest BCUT2D eigenvalue weighted by molar-refractivity contribution is 0.746. The lowest BCUT2D eigenvalue weighted by Gasteiger charge is -2.06. The van der Waals surface area contributed by atoms with Gasteiger partial charge in [-0.3, -0.25) is 9.25 Å². The van der Waals surface area contributed by atoms with E-state index in [0.29, 0.717) is 5.88 Å². The van der Waals surface area contributed by atoms with Crippen LogP contribution in [0.4, 0.5) is 0 Å². The van der Waals surface area contributed by atoms with Crippen molar-refractivity contribution >= 4 is 22.8 Å². The van der Waals surface area contributed by atoms with Crippen molar-refractivity contribution in [3.63, 3.8) is 0 Å². The van der Waals surface area contributed by atoms with Crippen molar-refractivity contribution in [3.05, 3.63) is 35.5 Å². The number of fused-ring (bicyclic) bond motifs is 1. The Balaban J connectivity index is 2.33. The minimum Gasteiger partial charge on any atom is -0.276 e. The van der Waals surface area contributed by atoms with Gasteiger partial charge in [-0.25, -0.2) is 9.97 Å². The number of aryl methyl sites for hydroxylation is 3. The predicted octanol–water partition coefficient (Wildman–Crippen LogP) is 2.76. The van der Waals surface area contributed by atoms with Gasteiger partial charge in [-0.1, -0.05) is 6.92 Å². The van der Waals surface area contributed by atoms with E-state index in [1.54, 1.807) is 0 Å². The number of alkyl halides is 1. The molecule has 3 rings (SSSR count). The van der Waals surface area contributed by atoms with Crippen LogP contribution in [0.1, 0.15) is 24.0 Å². The molecule has 0 amide bonds. The van der Waals surface area contributed by atoms with E-state index in [-0.39, 0.29) is 0 Å². The van der Waals surface area contributed by atoms with Gasteiger partial charge in [0.1, 0.15) is 11.3 Å². The fraction of sp³-hybridized carbons (Fsp3) is 0.357. The summed E-state index contributed by atoms with van der Waals surface area (Å²) < 4.78 is 3.82. The third-order valence-corrected chi connectivity index (χ3v) is 3.52. The molecule has 0 N–H and O–H groups in total. The summed E-state index contributed by atoms with van der Waals surface area (Å²) in [7, 11) is 1.92. The van der Waals surface area contributed by atoms with Crippen LogP contribution in [0.5, 0.6) is 0 Å². The van der Waals surface area contributed by atoms with E-state index < -0.39 is 0 Å². The van der Waals surface area contributed by atoms with Crippen LogP contribution < -0.4 is 0 Å². The van der Waals surface area contributed by atoms with Crippen LogP contribution in [-0.2, 0) is 19.3 Å². The second kappa shape index (κ2) is 4.90. The molecule has 0 aliphatic carbocycles. The number of aromatic nitrogens is 5. The highest BCUT2D eigenvalue weighted by Gasteiger charge is 2.17. The Labute approximate surface area is 122 Å². The molecule has 0 aliphatic heterocycles. The zero-order valence-electron chi connectivity index (χ0n) is 11.8. The van der Waals surface area contributed by atoms with Gasteiger partial charge in [0.15, 0.2) is 5.65 Å². The van der Waals surface area contributed by atoms with Crippen molar-refractivity contribution in [1.29, 1.82) is 0 Å². The van der Waals surface area contributed by atoms with Gasteiger partial charge in [0.2, 0.25) is 0 Å².